The van der Waals surface area contributed by atoms with Crippen LogP contribution in [-0.4, -0.2) is 72.8 Å². The Balaban J connectivity index is 1.28. The summed E-state index contributed by atoms with van der Waals surface area (Å²) in [5, 5.41) is 1.29. The van der Waals surface area contributed by atoms with Crippen molar-refractivity contribution in [2.75, 3.05) is 46.9 Å². The molecule has 0 radical (unpaired) electrons. The number of hydrogen-bond donors (Lipinski definition) is 1. The summed E-state index contributed by atoms with van der Waals surface area (Å²) in [7, 11) is 3.29. The van der Waals surface area contributed by atoms with E-state index in [1.54, 1.807) is 20.4 Å². The maximum absolute atomic E-state index is 5.66. The lowest BCUT2D eigenvalue weighted by atomic mass is 9.87. The average molecular weight is 491 g/mol. The highest BCUT2D eigenvalue weighted by molar-refractivity contribution is 5.92. The number of ether oxygens (including phenoxy) is 2. The van der Waals surface area contributed by atoms with E-state index in [0.717, 1.165) is 28.7 Å². The Morgan fingerprint density at radius 1 is 1.00 bits per heavy atom. The topological polar surface area (TPSA) is 53.6 Å². The molecule has 3 aromatic rings. The normalized spacial score (nSPS) is 18.8. The maximum atomic E-state index is 5.66. The highest BCUT2D eigenvalue weighted by atomic mass is 16.5. The lowest BCUT2D eigenvalue weighted by Crippen LogP contribution is -2.48. The van der Waals surface area contributed by atoms with Crippen LogP contribution in [-0.2, 0) is 0 Å². The summed E-state index contributed by atoms with van der Waals surface area (Å²) in [6.45, 7) is 13.1. The van der Waals surface area contributed by atoms with E-state index >= 15 is 0 Å². The average Bonchev–Trinajstić information content (AvgIpc) is 3.23. The predicted octanol–water partition coefficient (Wildman–Crippen LogP) is 5.86. The molecule has 6 nitrogen and oxygen atoms in total. The Morgan fingerprint density at radius 2 is 1.75 bits per heavy atom. The van der Waals surface area contributed by atoms with Crippen molar-refractivity contribution < 1.29 is 9.47 Å². The van der Waals surface area contributed by atoms with E-state index in [1.165, 1.54) is 74.9 Å². The molecule has 0 aliphatic carbocycles. The zero-order chi connectivity index (χ0) is 25.2. The fourth-order valence-electron chi connectivity index (χ4n) is 6.42. The molecule has 2 fully saturated rings. The Hall–Kier alpha value is -2.57. The Bertz CT molecular complexity index is 1170. The van der Waals surface area contributed by atoms with Gasteiger partial charge in [0.2, 0.25) is 0 Å². The van der Waals surface area contributed by atoms with Gasteiger partial charge in [-0.25, -0.2) is 4.98 Å². The standard InChI is InChI=1S/C30H42N4O2/c1-20(2)19-33-14-11-24(12-15-33)34-16-9-22(10-17-34)23-6-7-27-26(18-23)21(3)28(32-27)25-8-13-31-30(36-5)29(25)35-4/h6-8,13,18,20,22,24,32H,9-12,14-17,19H2,1-5H3. The molecular formula is C30H42N4O2. The highest BCUT2D eigenvalue weighted by Gasteiger charge is 2.29. The first-order chi connectivity index (χ1) is 17.5. The molecule has 2 aromatic heterocycles. The Morgan fingerprint density at radius 3 is 2.42 bits per heavy atom. The summed E-state index contributed by atoms with van der Waals surface area (Å²) in [4.78, 5) is 13.4. The number of pyridine rings is 1. The molecule has 0 atom stereocenters. The molecule has 4 heterocycles. The van der Waals surface area contributed by atoms with Gasteiger partial charge in [-0.3, -0.25) is 0 Å². The molecule has 194 valence electrons. The molecule has 0 saturated carbocycles. The van der Waals surface area contributed by atoms with Crippen LogP contribution < -0.4 is 9.47 Å². The zero-order valence-corrected chi connectivity index (χ0v) is 22.6. The van der Waals surface area contributed by atoms with Gasteiger partial charge in [-0.15, -0.1) is 0 Å². The van der Waals surface area contributed by atoms with Gasteiger partial charge in [-0.1, -0.05) is 19.9 Å². The third-order valence-electron chi connectivity index (χ3n) is 8.32. The van der Waals surface area contributed by atoms with Gasteiger partial charge in [-0.2, -0.15) is 0 Å². The van der Waals surface area contributed by atoms with Crippen molar-refractivity contribution in [3.05, 3.63) is 41.6 Å². The zero-order valence-electron chi connectivity index (χ0n) is 22.6. The monoisotopic (exact) mass is 490 g/mol. The minimum absolute atomic E-state index is 0.506. The molecule has 1 aromatic carbocycles. The van der Waals surface area contributed by atoms with E-state index in [1.807, 2.05) is 6.07 Å². The van der Waals surface area contributed by atoms with E-state index in [0.29, 0.717) is 17.5 Å². The van der Waals surface area contributed by atoms with Gasteiger partial charge < -0.3 is 24.3 Å². The molecule has 2 saturated heterocycles. The van der Waals surface area contributed by atoms with Crippen LogP contribution >= 0.6 is 0 Å². The second-order valence-corrected chi connectivity index (χ2v) is 11.1. The van der Waals surface area contributed by atoms with E-state index in [4.69, 9.17) is 9.47 Å². The molecule has 0 bridgehead atoms. The highest BCUT2D eigenvalue weighted by Crippen LogP contribution is 2.40. The van der Waals surface area contributed by atoms with Gasteiger partial charge in [0, 0.05) is 35.2 Å². The fourth-order valence-corrected chi connectivity index (χ4v) is 6.42. The quantitative estimate of drug-likeness (QED) is 0.450. The lowest BCUT2D eigenvalue weighted by molar-refractivity contribution is 0.0828. The summed E-state index contributed by atoms with van der Waals surface area (Å²) >= 11 is 0. The number of aromatic nitrogens is 2. The minimum Gasteiger partial charge on any atom is -0.491 e. The molecule has 0 amide bonds. The van der Waals surface area contributed by atoms with Gasteiger partial charge in [0.25, 0.3) is 5.88 Å². The second-order valence-electron chi connectivity index (χ2n) is 11.1. The van der Waals surface area contributed by atoms with Crippen molar-refractivity contribution in [2.45, 2.75) is 58.4 Å². The first-order valence-electron chi connectivity index (χ1n) is 13.6. The second kappa shape index (κ2) is 10.8. The number of nitrogens with zero attached hydrogens (tertiary/aromatic N) is 3. The van der Waals surface area contributed by atoms with Crippen molar-refractivity contribution >= 4 is 10.9 Å². The minimum atomic E-state index is 0.506. The molecule has 0 unspecified atom stereocenters. The number of piperidine rings is 2. The first kappa shape index (κ1) is 25.1. The van der Waals surface area contributed by atoms with Crippen LogP contribution in [0.1, 0.15) is 56.6 Å². The number of aryl methyl sites for hydroxylation is 1. The fraction of sp³-hybridized carbons (Fsp3) is 0.567. The summed E-state index contributed by atoms with van der Waals surface area (Å²) in [6.07, 6.45) is 6.94. The van der Waals surface area contributed by atoms with Crippen molar-refractivity contribution in [3.63, 3.8) is 0 Å². The number of aromatic amines is 1. The molecule has 6 heteroatoms. The maximum Gasteiger partial charge on any atom is 0.257 e. The third-order valence-corrected chi connectivity index (χ3v) is 8.32. The molecule has 36 heavy (non-hydrogen) atoms. The largest absolute Gasteiger partial charge is 0.491 e. The summed E-state index contributed by atoms with van der Waals surface area (Å²) in [5.74, 6) is 2.58. The number of rotatable bonds is 7. The van der Waals surface area contributed by atoms with Gasteiger partial charge in [-0.05, 0) is 99.9 Å². The lowest BCUT2D eigenvalue weighted by Gasteiger charge is -2.42. The number of hydrogen-bond acceptors (Lipinski definition) is 5. The number of H-pyrrole nitrogens is 1. The Labute approximate surface area is 216 Å². The van der Waals surface area contributed by atoms with Crippen molar-refractivity contribution in [3.8, 4) is 22.9 Å². The molecule has 1 N–H and O–H groups in total. The van der Waals surface area contributed by atoms with Crippen LogP contribution in [0.2, 0.25) is 0 Å². The van der Waals surface area contributed by atoms with Gasteiger partial charge >= 0.3 is 0 Å². The molecule has 0 spiro atoms. The number of fused-ring (bicyclic) bond motifs is 1. The van der Waals surface area contributed by atoms with Crippen molar-refractivity contribution in [1.29, 1.82) is 0 Å². The number of methoxy groups -OCH3 is 2. The molecular weight excluding hydrogens is 448 g/mol. The SMILES string of the molecule is COc1nccc(-c2[nH]c3ccc(C4CCN(C5CCN(CC(C)C)CC5)CC4)cc3c2C)c1OC. The van der Waals surface area contributed by atoms with Gasteiger partial charge in [0.1, 0.15) is 0 Å². The van der Waals surface area contributed by atoms with Crippen LogP contribution in [0.5, 0.6) is 11.6 Å². The van der Waals surface area contributed by atoms with Crippen molar-refractivity contribution in [2.24, 2.45) is 5.92 Å². The molecule has 2 aliphatic rings. The molecule has 2 aliphatic heterocycles. The van der Waals surface area contributed by atoms with Crippen LogP contribution in [0, 0.1) is 12.8 Å². The van der Waals surface area contributed by atoms with Gasteiger partial charge in [0.15, 0.2) is 5.75 Å². The molecule has 5 rings (SSSR count). The summed E-state index contributed by atoms with van der Waals surface area (Å²) in [5.41, 5.74) is 5.92. The van der Waals surface area contributed by atoms with E-state index in [2.05, 4.69) is 58.7 Å². The third kappa shape index (κ3) is 4.98. The number of likely N-dealkylation sites (tertiary alicyclic amines) is 2. The smallest absolute Gasteiger partial charge is 0.257 e. The predicted molar refractivity (Wildman–Crippen MR) is 147 cm³/mol. The van der Waals surface area contributed by atoms with Crippen LogP contribution in [0.4, 0.5) is 0 Å². The number of nitrogens with one attached hydrogen (secondary N) is 1. The van der Waals surface area contributed by atoms with Crippen LogP contribution in [0.25, 0.3) is 22.2 Å². The van der Waals surface area contributed by atoms with E-state index < -0.39 is 0 Å². The van der Waals surface area contributed by atoms with E-state index in [-0.39, 0.29) is 0 Å². The first-order valence-corrected chi connectivity index (χ1v) is 13.6. The number of benzene rings is 1. The summed E-state index contributed by atoms with van der Waals surface area (Å²) in [6, 6.07) is 9.77. The van der Waals surface area contributed by atoms with Gasteiger partial charge in [0.05, 0.1) is 19.9 Å². The van der Waals surface area contributed by atoms with Crippen molar-refractivity contribution in [1.82, 2.24) is 19.8 Å². The van der Waals surface area contributed by atoms with Crippen LogP contribution in [0.15, 0.2) is 30.5 Å². The Kier molecular flexibility index (Phi) is 7.54. The summed E-state index contributed by atoms with van der Waals surface area (Å²) < 4.78 is 11.1. The van der Waals surface area contributed by atoms with Crippen LogP contribution in [0.3, 0.4) is 0 Å². The van der Waals surface area contributed by atoms with E-state index in [9.17, 15) is 0 Å².